The Kier molecular flexibility index (Phi) is 8.26. The van der Waals surface area contributed by atoms with Gasteiger partial charge in [0, 0.05) is 0 Å². The van der Waals surface area contributed by atoms with E-state index in [1.54, 1.807) is 24.3 Å². The fourth-order valence-electron chi connectivity index (χ4n) is 1.98. The number of ether oxygens (including phenoxy) is 1. The van der Waals surface area contributed by atoms with Crippen LogP contribution in [0.2, 0.25) is 0 Å². The monoisotopic (exact) mass is 282 g/mol. The minimum absolute atomic E-state index is 0.461. The van der Waals surface area contributed by atoms with Crippen LogP contribution >= 0.6 is 0 Å². The summed E-state index contributed by atoms with van der Waals surface area (Å²) in [4.78, 5) is 0. The summed E-state index contributed by atoms with van der Waals surface area (Å²) in [5, 5.41) is 27.9. The fraction of sp³-hybridized carbons (Fsp3) is 0.625. The van der Waals surface area contributed by atoms with Crippen molar-refractivity contribution < 1.29 is 20.1 Å². The quantitative estimate of drug-likeness (QED) is 0.576. The average Bonchev–Trinajstić information content (AvgIpc) is 2.50. The summed E-state index contributed by atoms with van der Waals surface area (Å²) in [6, 6.07) is 6.95. The predicted molar refractivity (Wildman–Crippen MR) is 78.7 cm³/mol. The molecule has 4 heteroatoms. The number of aliphatic hydroxyl groups is 3. The summed E-state index contributed by atoms with van der Waals surface area (Å²) in [5.41, 5.74) is 0.571. The lowest BCUT2D eigenvalue weighted by molar-refractivity contribution is -0.0152. The van der Waals surface area contributed by atoms with Gasteiger partial charge in [-0.2, -0.15) is 0 Å². The Hall–Kier alpha value is -1.10. The second-order valence-electron chi connectivity index (χ2n) is 5.03. The normalized spacial score (nSPS) is 14.0. The van der Waals surface area contributed by atoms with Crippen molar-refractivity contribution in [2.24, 2.45) is 0 Å². The van der Waals surface area contributed by atoms with Gasteiger partial charge in [-0.3, -0.25) is 0 Å². The zero-order valence-corrected chi connectivity index (χ0v) is 12.2. The SMILES string of the molecule is CCCCCCCOc1ccc(C(O)C(O)CO)cc1. The second kappa shape index (κ2) is 9.75. The Labute approximate surface area is 121 Å². The Morgan fingerprint density at radius 3 is 2.25 bits per heavy atom. The first-order valence-electron chi connectivity index (χ1n) is 7.38. The van der Waals surface area contributed by atoms with Crippen molar-refractivity contribution in [3.8, 4) is 5.75 Å². The number of unbranched alkanes of at least 4 members (excludes halogenated alkanes) is 4. The van der Waals surface area contributed by atoms with Crippen LogP contribution in [0.25, 0.3) is 0 Å². The molecule has 0 radical (unpaired) electrons. The van der Waals surface area contributed by atoms with Gasteiger partial charge < -0.3 is 20.1 Å². The van der Waals surface area contributed by atoms with E-state index in [1.165, 1.54) is 25.7 Å². The first kappa shape index (κ1) is 17.0. The van der Waals surface area contributed by atoms with Gasteiger partial charge in [0.2, 0.25) is 0 Å². The molecule has 20 heavy (non-hydrogen) atoms. The van der Waals surface area contributed by atoms with E-state index >= 15 is 0 Å². The van der Waals surface area contributed by atoms with Gasteiger partial charge in [-0.25, -0.2) is 0 Å². The molecule has 0 aromatic heterocycles. The topological polar surface area (TPSA) is 69.9 Å². The van der Waals surface area contributed by atoms with Crippen LogP contribution < -0.4 is 4.74 Å². The smallest absolute Gasteiger partial charge is 0.119 e. The molecular formula is C16H26O4. The molecule has 0 aliphatic heterocycles. The summed E-state index contributed by atoms with van der Waals surface area (Å²) in [6.45, 7) is 2.43. The molecule has 0 amide bonds. The highest BCUT2D eigenvalue weighted by atomic mass is 16.5. The van der Waals surface area contributed by atoms with Crippen LogP contribution in [0.4, 0.5) is 0 Å². The highest BCUT2D eigenvalue weighted by Gasteiger charge is 2.16. The third kappa shape index (κ3) is 5.90. The van der Waals surface area contributed by atoms with Crippen LogP contribution in [0.1, 0.15) is 50.7 Å². The molecule has 0 saturated carbocycles. The molecule has 114 valence electrons. The van der Waals surface area contributed by atoms with Gasteiger partial charge in [0.05, 0.1) is 13.2 Å². The molecule has 1 aromatic rings. The molecule has 0 aliphatic rings. The van der Waals surface area contributed by atoms with Crippen molar-refractivity contribution in [3.05, 3.63) is 29.8 Å². The third-order valence-electron chi connectivity index (χ3n) is 3.29. The highest BCUT2D eigenvalue weighted by molar-refractivity contribution is 5.28. The van der Waals surface area contributed by atoms with E-state index in [4.69, 9.17) is 9.84 Å². The van der Waals surface area contributed by atoms with E-state index in [1.807, 2.05) is 0 Å². The van der Waals surface area contributed by atoms with Crippen molar-refractivity contribution in [2.75, 3.05) is 13.2 Å². The maximum Gasteiger partial charge on any atom is 0.119 e. The molecule has 1 rings (SSSR count). The largest absolute Gasteiger partial charge is 0.494 e. The van der Waals surface area contributed by atoms with Gasteiger partial charge >= 0.3 is 0 Å². The number of hydrogen-bond donors (Lipinski definition) is 3. The molecule has 0 aliphatic carbocycles. The summed E-state index contributed by atoms with van der Waals surface area (Å²) in [5.74, 6) is 0.759. The summed E-state index contributed by atoms with van der Waals surface area (Å²) in [7, 11) is 0. The molecular weight excluding hydrogens is 256 g/mol. The van der Waals surface area contributed by atoms with Gasteiger partial charge in [0.25, 0.3) is 0 Å². The molecule has 0 bridgehead atoms. The summed E-state index contributed by atoms with van der Waals surface area (Å²) >= 11 is 0. The van der Waals surface area contributed by atoms with Crippen molar-refractivity contribution in [1.29, 1.82) is 0 Å². The Morgan fingerprint density at radius 1 is 1.00 bits per heavy atom. The Balaban J connectivity index is 2.31. The molecule has 0 spiro atoms. The maximum atomic E-state index is 9.73. The fourth-order valence-corrected chi connectivity index (χ4v) is 1.98. The molecule has 4 nitrogen and oxygen atoms in total. The lowest BCUT2D eigenvalue weighted by Gasteiger charge is -2.16. The van der Waals surface area contributed by atoms with Gasteiger partial charge in [-0.05, 0) is 24.1 Å². The zero-order chi connectivity index (χ0) is 14.8. The van der Waals surface area contributed by atoms with Crippen molar-refractivity contribution >= 4 is 0 Å². The first-order chi connectivity index (χ1) is 9.69. The van der Waals surface area contributed by atoms with E-state index in [9.17, 15) is 10.2 Å². The van der Waals surface area contributed by atoms with Gasteiger partial charge in [-0.1, -0.05) is 44.7 Å². The van der Waals surface area contributed by atoms with Crippen LogP contribution in [-0.2, 0) is 0 Å². The van der Waals surface area contributed by atoms with Crippen LogP contribution in [0, 0.1) is 0 Å². The van der Waals surface area contributed by atoms with E-state index in [-0.39, 0.29) is 0 Å². The lowest BCUT2D eigenvalue weighted by Crippen LogP contribution is -2.21. The van der Waals surface area contributed by atoms with E-state index < -0.39 is 18.8 Å². The van der Waals surface area contributed by atoms with Crippen molar-refractivity contribution in [3.63, 3.8) is 0 Å². The number of rotatable bonds is 10. The molecule has 2 atom stereocenters. The molecule has 0 fully saturated rings. The second-order valence-corrected chi connectivity index (χ2v) is 5.03. The van der Waals surface area contributed by atoms with Crippen LogP contribution in [0.5, 0.6) is 5.75 Å². The predicted octanol–water partition coefficient (Wildman–Crippen LogP) is 2.42. The van der Waals surface area contributed by atoms with Crippen LogP contribution in [0.15, 0.2) is 24.3 Å². The Morgan fingerprint density at radius 2 is 1.65 bits per heavy atom. The Bertz CT molecular complexity index is 350. The summed E-state index contributed by atoms with van der Waals surface area (Å²) < 4.78 is 5.61. The van der Waals surface area contributed by atoms with Gasteiger partial charge in [0.1, 0.15) is 18.0 Å². The van der Waals surface area contributed by atoms with Crippen LogP contribution in [0.3, 0.4) is 0 Å². The average molecular weight is 282 g/mol. The van der Waals surface area contributed by atoms with E-state index in [2.05, 4.69) is 6.92 Å². The van der Waals surface area contributed by atoms with E-state index in [0.717, 1.165) is 12.2 Å². The molecule has 3 N–H and O–H groups in total. The van der Waals surface area contributed by atoms with Gasteiger partial charge in [-0.15, -0.1) is 0 Å². The molecule has 0 saturated heterocycles. The minimum Gasteiger partial charge on any atom is -0.494 e. The maximum absolute atomic E-state index is 9.73. The first-order valence-corrected chi connectivity index (χ1v) is 7.38. The number of benzene rings is 1. The molecule has 2 unspecified atom stereocenters. The van der Waals surface area contributed by atoms with Gasteiger partial charge in [0.15, 0.2) is 0 Å². The van der Waals surface area contributed by atoms with Crippen molar-refractivity contribution in [2.45, 2.75) is 51.2 Å². The third-order valence-corrected chi connectivity index (χ3v) is 3.29. The lowest BCUT2D eigenvalue weighted by atomic mass is 10.1. The number of hydrogen-bond acceptors (Lipinski definition) is 4. The summed E-state index contributed by atoms with van der Waals surface area (Å²) in [6.07, 6.45) is 3.79. The highest BCUT2D eigenvalue weighted by Crippen LogP contribution is 2.20. The molecule has 1 aromatic carbocycles. The minimum atomic E-state index is -1.15. The zero-order valence-electron chi connectivity index (χ0n) is 12.2. The standard InChI is InChI=1S/C16H26O4/c1-2-3-4-5-6-11-20-14-9-7-13(8-10-14)16(19)15(18)12-17/h7-10,15-19H,2-6,11-12H2,1H3. The molecule has 0 heterocycles. The van der Waals surface area contributed by atoms with Crippen molar-refractivity contribution in [1.82, 2.24) is 0 Å². The van der Waals surface area contributed by atoms with E-state index in [0.29, 0.717) is 12.2 Å². The van der Waals surface area contributed by atoms with Crippen LogP contribution in [-0.4, -0.2) is 34.6 Å². The number of aliphatic hydroxyl groups excluding tert-OH is 3.